The second kappa shape index (κ2) is 5.48. The van der Waals surface area contributed by atoms with Gasteiger partial charge in [0, 0.05) is 4.88 Å². The standard InChI is InChI=1S/C14H13F2NOS/c1-8-3-6-13(19-8)14(18)17-9(2)10-4-5-11(15)12(16)7-10/h3-7,9H,1-2H3,(H,17,18)/t9-/m0/s1. The zero-order valence-corrected chi connectivity index (χ0v) is 11.4. The molecular formula is C14H13F2NOS. The van der Waals surface area contributed by atoms with Crippen LogP contribution in [0, 0.1) is 18.6 Å². The highest BCUT2D eigenvalue weighted by atomic mass is 32.1. The van der Waals surface area contributed by atoms with Crippen molar-refractivity contribution in [1.82, 2.24) is 5.32 Å². The Morgan fingerprint density at radius 2 is 1.95 bits per heavy atom. The van der Waals surface area contributed by atoms with Gasteiger partial charge in [-0.15, -0.1) is 11.3 Å². The molecule has 100 valence electrons. The second-order valence-electron chi connectivity index (χ2n) is 4.28. The third-order valence-electron chi connectivity index (χ3n) is 2.76. The second-order valence-corrected chi connectivity index (χ2v) is 5.57. The fraction of sp³-hybridized carbons (Fsp3) is 0.214. The minimum Gasteiger partial charge on any atom is -0.345 e. The highest BCUT2D eigenvalue weighted by Crippen LogP contribution is 2.19. The van der Waals surface area contributed by atoms with E-state index < -0.39 is 11.6 Å². The summed E-state index contributed by atoms with van der Waals surface area (Å²) < 4.78 is 25.9. The zero-order chi connectivity index (χ0) is 14.0. The monoisotopic (exact) mass is 281 g/mol. The number of amides is 1. The molecule has 1 heterocycles. The number of nitrogens with one attached hydrogen (secondary N) is 1. The molecule has 0 aliphatic carbocycles. The SMILES string of the molecule is Cc1ccc(C(=O)N[C@@H](C)c2ccc(F)c(F)c2)s1. The Balaban J connectivity index is 2.10. The number of hydrogen-bond acceptors (Lipinski definition) is 2. The number of benzene rings is 1. The molecule has 2 nitrogen and oxygen atoms in total. The summed E-state index contributed by atoms with van der Waals surface area (Å²) in [6.45, 7) is 3.64. The van der Waals surface area contributed by atoms with Gasteiger partial charge in [0.05, 0.1) is 10.9 Å². The van der Waals surface area contributed by atoms with Crippen molar-refractivity contribution in [2.75, 3.05) is 0 Å². The molecule has 2 rings (SSSR count). The van der Waals surface area contributed by atoms with Gasteiger partial charge >= 0.3 is 0 Å². The molecule has 0 spiro atoms. The smallest absolute Gasteiger partial charge is 0.261 e. The summed E-state index contributed by atoms with van der Waals surface area (Å²) in [6, 6.07) is 6.84. The summed E-state index contributed by atoms with van der Waals surface area (Å²) >= 11 is 1.39. The molecule has 0 bridgehead atoms. The van der Waals surface area contributed by atoms with Crippen molar-refractivity contribution in [3.05, 3.63) is 57.3 Å². The molecular weight excluding hydrogens is 268 g/mol. The molecule has 5 heteroatoms. The van der Waals surface area contributed by atoms with E-state index in [1.165, 1.54) is 17.4 Å². The van der Waals surface area contributed by atoms with E-state index in [0.717, 1.165) is 17.0 Å². The van der Waals surface area contributed by atoms with Crippen LogP contribution in [-0.2, 0) is 0 Å². The third kappa shape index (κ3) is 3.17. The van der Waals surface area contributed by atoms with Crippen LogP contribution in [0.15, 0.2) is 30.3 Å². The van der Waals surface area contributed by atoms with Crippen molar-refractivity contribution in [1.29, 1.82) is 0 Å². The highest BCUT2D eigenvalue weighted by Gasteiger charge is 2.14. The van der Waals surface area contributed by atoms with Gasteiger partial charge in [-0.1, -0.05) is 6.07 Å². The lowest BCUT2D eigenvalue weighted by molar-refractivity contribution is 0.0944. The summed E-state index contributed by atoms with van der Waals surface area (Å²) in [7, 11) is 0. The van der Waals surface area contributed by atoms with Gasteiger partial charge in [-0.2, -0.15) is 0 Å². The van der Waals surface area contributed by atoms with Crippen LogP contribution < -0.4 is 5.32 Å². The molecule has 0 aliphatic rings. The molecule has 0 saturated heterocycles. The van der Waals surface area contributed by atoms with Gasteiger partial charge in [0.25, 0.3) is 5.91 Å². The Bertz CT molecular complexity index is 609. The van der Waals surface area contributed by atoms with E-state index in [1.54, 1.807) is 13.0 Å². The molecule has 0 aliphatic heterocycles. The van der Waals surface area contributed by atoms with E-state index in [4.69, 9.17) is 0 Å². The molecule has 1 N–H and O–H groups in total. The first-order valence-electron chi connectivity index (χ1n) is 5.79. The molecule has 19 heavy (non-hydrogen) atoms. The Morgan fingerprint density at radius 1 is 1.21 bits per heavy atom. The summed E-state index contributed by atoms with van der Waals surface area (Å²) in [6.07, 6.45) is 0. The average Bonchev–Trinajstić information content (AvgIpc) is 2.79. The van der Waals surface area contributed by atoms with E-state index in [2.05, 4.69) is 5.32 Å². The van der Waals surface area contributed by atoms with Gasteiger partial charge in [-0.3, -0.25) is 4.79 Å². The third-order valence-corrected chi connectivity index (χ3v) is 3.75. The fourth-order valence-electron chi connectivity index (χ4n) is 1.69. The predicted molar refractivity (Wildman–Crippen MR) is 71.3 cm³/mol. The van der Waals surface area contributed by atoms with Gasteiger partial charge in [0.2, 0.25) is 0 Å². The topological polar surface area (TPSA) is 29.1 Å². The Morgan fingerprint density at radius 3 is 2.53 bits per heavy atom. The Kier molecular flexibility index (Phi) is 3.95. The van der Waals surface area contributed by atoms with Crippen LogP contribution >= 0.6 is 11.3 Å². The molecule has 1 aromatic heterocycles. The summed E-state index contributed by atoms with van der Waals surface area (Å²) in [4.78, 5) is 13.6. The van der Waals surface area contributed by atoms with Gasteiger partial charge in [-0.25, -0.2) is 8.78 Å². The predicted octanol–water partition coefficient (Wildman–Crippen LogP) is 3.83. The molecule has 0 saturated carbocycles. The average molecular weight is 281 g/mol. The van der Waals surface area contributed by atoms with E-state index in [-0.39, 0.29) is 11.9 Å². The van der Waals surface area contributed by atoms with Crippen molar-refractivity contribution in [2.45, 2.75) is 19.9 Å². The van der Waals surface area contributed by atoms with E-state index in [9.17, 15) is 13.6 Å². The van der Waals surface area contributed by atoms with Crippen LogP contribution in [0.25, 0.3) is 0 Å². The quantitative estimate of drug-likeness (QED) is 0.910. The summed E-state index contributed by atoms with van der Waals surface area (Å²) in [5.41, 5.74) is 0.528. The first kappa shape index (κ1) is 13.7. The van der Waals surface area contributed by atoms with Gasteiger partial charge < -0.3 is 5.32 Å². The molecule has 2 aromatic rings. The van der Waals surface area contributed by atoms with Crippen LogP contribution in [0.4, 0.5) is 8.78 Å². The summed E-state index contributed by atoms with van der Waals surface area (Å²) in [5.74, 6) is -2.02. The lowest BCUT2D eigenvalue weighted by atomic mass is 10.1. The lowest BCUT2D eigenvalue weighted by Gasteiger charge is -2.13. The molecule has 1 atom stereocenters. The van der Waals surface area contributed by atoms with Gasteiger partial charge in [0.1, 0.15) is 0 Å². The molecule has 1 amide bonds. The number of aryl methyl sites for hydroxylation is 1. The highest BCUT2D eigenvalue weighted by molar-refractivity contribution is 7.13. The maximum absolute atomic E-state index is 13.1. The fourth-order valence-corrected chi connectivity index (χ4v) is 2.46. The minimum atomic E-state index is -0.912. The maximum Gasteiger partial charge on any atom is 0.261 e. The van der Waals surface area contributed by atoms with Crippen LogP contribution in [0.2, 0.25) is 0 Å². The van der Waals surface area contributed by atoms with Crippen molar-refractivity contribution < 1.29 is 13.6 Å². The number of hydrogen-bond donors (Lipinski definition) is 1. The zero-order valence-electron chi connectivity index (χ0n) is 10.5. The van der Waals surface area contributed by atoms with Crippen LogP contribution in [0.1, 0.15) is 33.1 Å². The number of thiophene rings is 1. The van der Waals surface area contributed by atoms with Crippen molar-refractivity contribution in [2.24, 2.45) is 0 Å². The van der Waals surface area contributed by atoms with Crippen LogP contribution in [0.3, 0.4) is 0 Å². The van der Waals surface area contributed by atoms with Crippen LogP contribution in [0.5, 0.6) is 0 Å². The Labute approximate surface area is 114 Å². The first-order chi connectivity index (χ1) is 8.97. The van der Waals surface area contributed by atoms with E-state index >= 15 is 0 Å². The molecule has 0 fully saturated rings. The van der Waals surface area contributed by atoms with Gasteiger partial charge in [0.15, 0.2) is 11.6 Å². The molecule has 0 unspecified atom stereocenters. The first-order valence-corrected chi connectivity index (χ1v) is 6.61. The Hall–Kier alpha value is -1.75. The van der Waals surface area contributed by atoms with E-state index in [0.29, 0.717) is 10.4 Å². The number of halogens is 2. The maximum atomic E-state index is 13.1. The van der Waals surface area contributed by atoms with Crippen molar-refractivity contribution in [3.8, 4) is 0 Å². The lowest BCUT2D eigenvalue weighted by Crippen LogP contribution is -2.26. The number of carbonyl (C=O) groups is 1. The number of carbonyl (C=O) groups excluding carboxylic acids is 1. The minimum absolute atomic E-state index is 0.213. The normalized spacial score (nSPS) is 12.2. The van der Waals surface area contributed by atoms with Gasteiger partial charge in [-0.05, 0) is 43.7 Å². The summed E-state index contributed by atoms with van der Waals surface area (Å²) in [5, 5.41) is 2.75. The van der Waals surface area contributed by atoms with E-state index in [1.807, 2.05) is 13.0 Å². The molecule has 0 radical (unpaired) electrons. The largest absolute Gasteiger partial charge is 0.345 e. The molecule has 1 aromatic carbocycles. The number of rotatable bonds is 3. The van der Waals surface area contributed by atoms with Crippen molar-refractivity contribution >= 4 is 17.2 Å². The van der Waals surface area contributed by atoms with Crippen LogP contribution in [-0.4, -0.2) is 5.91 Å². The van der Waals surface area contributed by atoms with Crippen molar-refractivity contribution in [3.63, 3.8) is 0 Å².